The molecule has 1 saturated carbocycles. The summed E-state index contributed by atoms with van der Waals surface area (Å²) >= 11 is 0. The van der Waals surface area contributed by atoms with E-state index in [1.807, 2.05) is 13.1 Å². The van der Waals surface area contributed by atoms with Crippen LogP contribution in [-0.2, 0) is 0 Å². The summed E-state index contributed by atoms with van der Waals surface area (Å²) in [5.41, 5.74) is 3.44. The van der Waals surface area contributed by atoms with Crippen LogP contribution in [0, 0.1) is 0 Å². The summed E-state index contributed by atoms with van der Waals surface area (Å²) in [6, 6.07) is 4.24. The van der Waals surface area contributed by atoms with Crippen molar-refractivity contribution in [1.82, 2.24) is 4.98 Å². The molecule has 62 valence electrons. The van der Waals surface area contributed by atoms with E-state index in [1.165, 1.54) is 18.4 Å². The van der Waals surface area contributed by atoms with E-state index in [2.05, 4.69) is 23.7 Å². The zero-order valence-corrected chi connectivity index (χ0v) is 7.38. The average molecular weight is 159 g/mol. The summed E-state index contributed by atoms with van der Waals surface area (Å²) in [6.07, 6.45) is 4.67. The number of nitrogens with zero attached hydrogens (tertiary/aromatic N) is 1. The summed E-state index contributed by atoms with van der Waals surface area (Å²) in [5, 5.41) is 0. The van der Waals surface area contributed by atoms with E-state index in [4.69, 9.17) is 0 Å². The molecule has 0 atom stereocenters. The lowest BCUT2D eigenvalue weighted by molar-refractivity contribution is 1.08. The lowest BCUT2D eigenvalue weighted by Crippen LogP contribution is -1.86. The number of hydrogen-bond donors (Lipinski definition) is 0. The predicted molar refractivity (Wildman–Crippen MR) is 50.9 cm³/mol. The smallest absolute Gasteiger partial charge is 0.0653 e. The van der Waals surface area contributed by atoms with Gasteiger partial charge in [-0.25, -0.2) is 0 Å². The molecule has 1 aliphatic carbocycles. The highest BCUT2D eigenvalue weighted by Crippen LogP contribution is 2.39. The topological polar surface area (TPSA) is 12.9 Å². The van der Waals surface area contributed by atoms with Crippen molar-refractivity contribution in [3.63, 3.8) is 0 Å². The van der Waals surface area contributed by atoms with E-state index in [1.54, 1.807) is 0 Å². The van der Waals surface area contributed by atoms with Gasteiger partial charge < -0.3 is 0 Å². The van der Waals surface area contributed by atoms with Crippen LogP contribution in [0.15, 0.2) is 24.9 Å². The Morgan fingerprint density at radius 3 is 2.67 bits per heavy atom. The molecular weight excluding hydrogens is 146 g/mol. The highest BCUT2D eigenvalue weighted by atomic mass is 14.7. The molecule has 0 bridgehead atoms. The Morgan fingerprint density at radius 1 is 1.50 bits per heavy atom. The van der Waals surface area contributed by atoms with E-state index in [9.17, 15) is 0 Å². The zero-order chi connectivity index (χ0) is 8.55. The van der Waals surface area contributed by atoms with Crippen molar-refractivity contribution >= 4 is 5.57 Å². The maximum atomic E-state index is 4.34. The van der Waals surface area contributed by atoms with Gasteiger partial charge in [0.2, 0.25) is 0 Å². The summed E-state index contributed by atoms with van der Waals surface area (Å²) in [4.78, 5) is 4.34. The maximum absolute atomic E-state index is 4.34. The van der Waals surface area contributed by atoms with Gasteiger partial charge in [0.15, 0.2) is 0 Å². The van der Waals surface area contributed by atoms with Crippen molar-refractivity contribution in [2.24, 2.45) is 0 Å². The van der Waals surface area contributed by atoms with Gasteiger partial charge in [0, 0.05) is 6.20 Å². The molecule has 12 heavy (non-hydrogen) atoms. The Morgan fingerprint density at radius 2 is 2.25 bits per heavy atom. The maximum Gasteiger partial charge on any atom is 0.0653 e. The number of allylic oxidation sites excluding steroid dienone is 1. The van der Waals surface area contributed by atoms with E-state index in [0.717, 1.165) is 17.2 Å². The van der Waals surface area contributed by atoms with Crippen molar-refractivity contribution < 1.29 is 0 Å². The Balaban J connectivity index is 2.24. The largest absolute Gasteiger partial charge is 0.256 e. The second-order valence-electron chi connectivity index (χ2n) is 3.53. The molecule has 1 heteroatoms. The number of pyridine rings is 1. The first-order valence-electron chi connectivity index (χ1n) is 4.39. The van der Waals surface area contributed by atoms with Crippen LogP contribution in [-0.4, -0.2) is 4.98 Å². The Labute approximate surface area is 73.1 Å². The second kappa shape index (κ2) is 2.74. The molecule has 1 aliphatic rings. The second-order valence-corrected chi connectivity index (χ2v) is 3.53. The van der Waals surface area contributed by atoms with E-state index in [0.29, 0.717) is 0 Å². The summed E-state index contributed by atoms with van der Waals surface area (Å²) in [6.45, 7) is 5.84. The molecule has 1 heterocycles. The Kier molecular flexibility index (Phi) is 1.72. The minimum atomic E-state index is 0.802. The monoisotopic (exact) mass is 159 g/mol. The van der Waals surface area contributed by atoms with Gasteiger partial charge in [-0.2, -0.15) is 0 Å². The van der Waals surface area contributed by atoms with Gasteiger partial charge in [-0.3, -0.25) is 4.98 Å². The summed E-state index contributed by atoms with van der Waals surface area (Å²) in [7, 11) is 0. The van der Waals surface area contributed by atoms with Crippen LogP contribution in [0.1, 0.15) is 36.9 Å². The summed E-state index contributed by atoms with van der Waals surface area (Å²) < 4.78 is 0. The molecule has 1 nitrogen and oxygen atoms in total. The molecule has 0 aliphatic heterocycles. The van der Waals surface area contributed by atoms with Crippen LogP contribution in [0.25, 0.3) is 5.57 Å². The van der Waals surface area contributed by atoms with Crippen LogP contribution in [0.2, 0.25) is 0 Å². The van der Waals surface area contributed by atoms with E-state index >= 15 is 0 Å². The van der Waals surface area contributed by atoms with Crippen molar-refractivity contribution in [2.75, 3.05) is 0 Å². The van der Waals surface area contributed by atoms with Crippen LogP contribution in [0.5, 0.6) is 0 Å². The number of hydrogen-bond acceptors (Lipinski definition) is 1. The third kappa shape index (κ3) is 1.40. The highest BCUT2D eigenvalue weighted by molar-refractivity contribution is 5.57. The average Bonchev–Trinajstić information content (AvgIpc) is 2.87. The quantitative estimate of drug-likeness (QED) is 0.646. The molecule has 1 aromatic heterocycles. The minimum Gasteiger partial charge on any atom is -0.256 e. The fourth-order valence-corrected chi connectivity index (χ4v) is 1.32. The van der Waals surface area contributed by atoms with Gasteiger partial charge in [-0.05, 0) is 42.9 Å². The van der Waals surface area contributed by atoms with Crippen molar-refractivity contribution in [2.45, 2.75) is 25.7 Å². The summed E-state index contributed by atoms with van der Waals surface area (Å²) in [5.74, 6) is 0.802. The van der Waals surface area contributed by atoms with Gasteiger partial charge >= 0.3 is 0 Å². The predicted octanol–water partition coefficient (Wildman–Crippen LogP) is 2.99. The van der Waals surface area contributed by atoms with Gasteiger partial charge in [-0.15, -0.1) is 0 Å². The molecule has 0 spiro atoms. The fourth-order valence-electron chi connectivity index (χ4n) is 1.32. The molecule has 0 saturated heterocycles. The number of rotatable bonds is 2. The van der Waals surface area contributed by atoms with Crippen molar-refractivity contribution in [3.8, 4) is 0 Å². The standard InChI is InChI=1S/C11H13N/c1-8(2)11-6-5-10(7-12-11)9-3-4-9/h5-7,9H,1,3-4H2,2H3. The zero-order valence-electron chi connectivity index (χ0n) is 7.38. The molecule has 1 fully saturated rings. The van der Waals surface area contributed by atoms with Gasteiger partial charge in [-0.1, -0.05) is 12.6 Å². The van der Waals surface area contributed by atoms with Crippen LogP contribution in [0.4, 0.5) is 0 Å². The first kappa shape index (κ1) is 7.53. The Hall–Kier alpha value is -1.11. The minimum absolute atomic E-state index is 0.802. The van der Waals surface area contributed by atoms with Crippen LogP contribution < -0.4 is 0 Å². The lowest BCUT2D eigenvalue weighted by atomic mass is 10.1. The molecule has 0 aromatic carbocycles. The first-order valence-corrected chi connectivity index (χ1v) is 4.39. The SMILES string of the molecule is C=C(C)c1ccc(C2CC2)cn1. The lowest BCUT2D eigenvalue weighted by Gasteiger charge is -2.00. The van der Waals surface area contributed by atoms with Gasteiger partial charge in [0.05, 0.1) is 5.69 Å². The molecular formula is C11H13N. The van der Waals surface area contributed by atoms with Crippen LogP contribution >= 0.6 is 0 Å². The molecule has 1 aromatic rings. The fraction of sp³-hybridized carbons (Fsp3) is 0.364. The number of aromatic nitrogens is 1. The van der Waals surface area contributed by atoms with E-state index in [-0.39, 0.29) is 0 Å². The molecule has 2 rings (SSSR count). The third-order valence-electron chi connectivity index (χ3n) is 2.27. The van der Waals surface area contributed by atoms with Crippen molar-refractivity contribution in [1.29, 1.82) is 0 Å². The van der Waals surface area contributed by atoms with Crippen molar-refractivity contribution in [3.05, 3.63) is 36.2 Å². The van der Waals surface area contributed by atoms with E-state index < -0.39 is 0 Å². The first-order chi connectivity index (χ1) is 5.77. The van der Waals surface area contributed by atoms with Gasteiger partial charge in [0.1, 0.15) is 0 Å². The molecule has 0 N–H and O–H groups in total. The Bertz CT molecular complexity index is 293. The molecule has 0 radical (unpaired) electrons. The third-order valence-corrected chi connectivity index (χ3v) is 2.27. The highest BCUT2D eigenvalue weighted by Gasteiger charge is 2.23. The molecule has 0 amide bonds. The molecule has 0 unspecified atom stereocenters. The normalized spacial score (nSPS) is 16.1. The van der Waals surface area contributed by atoms with Gasteiger partial charge in [0.25, 0.3) is 0 Å². The van der Waals surface area contributed by atoms with Crippen LogP contribution in [0.3, 0.4) is 0 Å².